The van der Waals surface area contributed by atoms with Gasteiger partial charge in [-0.1, -0.05) is 12.2 Å². The number of rotatable bonds is 7. The molecule has 0 aromatic heterocycles. The van der Waals surface area contributed by atoms with E-state index in [0.29, 0.717) is 24.4 Å². The fraction of sp³-hybridized carbons (Fsp3) is 0.200. The van der Waals surface area contributed by atoms with Crippen LogP contribution in [0.1, 0.15) is 5.56 Å². The molecule has 0 aliphatic heterocycles. The van der Waals surface area contributed by atoms with Gasteiger partial charge in [0, 0.05) is 13.1 Å². The van der Waals surface area contributed by atoms with Gasteiger partial charge in [-0.05, 0) is 24.3 Å². The summed E-state index contributed by atoms with van der Waals surface area (Å²) in [5.41, 5.74) is 0.554. The molecule has 4 heteroatoms. The monoisotopic (exact) mass is 256 g/mol. The van der Waals surface area contributed by atoms with Crippen LogP contribution in [0.15, 0.2) is 49.6 Å². The number of ether oxygens (including phenoxy) is 1. The molecule has 0 radical (unpaired) electrons. The quantitative estimate of drug-likeness (QED) is 0.702. The first-order valence-electron chi connectivity index (χ1n) is 5.83. The Morgan fingerprint density at radius 2 is 1.84 bits per heavy atom. The SMILES string of the molecule is C=CCN(CC=C)C(=O)COc1ccc(C#N)cc1. The molecule has 0 atom stereocenters. The molecular weight excluding hydrogens is 240 g/mol. The van der Waals surface area contributed by atoms with Crippen LogP contribution in [0, 0.1) is 11.3 Å². The van der Waals surface area contributed by atoms with E-state index in [1.807, 2.05) is 6.07 Å². The summed E-state index contributed by atoms with van der Waals surface area (Å²) in [6, 6.07) is 8.63. The lowest BCUT2D eigenvalue weighted by Crippen LogP contribution is -2.35. The third kappa shape index (κ3) is 4.68. The zero-order chi connectivity index (χ0) is 14.1. The predicted molar refractivity (Wildman–Crippen MR) is 73.6 cm³/mol. The first-order chi connectivity index (χ1) is 9.21. The van der Waals surface area contributed by atoms with Crippen molar-refractivity contribution in [2.75, 3.05) is 19.7 Å². The first-order valence-corrected chi connectivity index (χ1v) is 5.83. The molecule has 1 aromatic rings. The lowest BCUT2D eigenvalue weighted by Gasteiger charge is -2.19. The number of nitrogens with zero attached hydrogens (tertiary/aromatic N) is 2. The second-order valence-corrected chi connectivity index (χ2v) is 3.80. The summed E-state index contributed by atoms with van der Waals surface area (Å²) in [5, 5.41) is 8.67. The van der Waals surface area contributed by atoms with Gasteiger partial charge in [0.15, 0.2) is 6.61 Å². The summed E-state index contributed by atoms with van der Waals surface area (Å²) in [5.74, 6) is 0.425. The van der Waals surface area contributed by atoms with Gasteiger partial charge in [0.25, 0.3) is 5.91 Å². The van der Waals surface area contributed by atoms with E-state index in [9.17, 15) is 4.79 Å². The summed E-state index contributed by atoms with van der Waals surface area (Å²) in [4.78, 5) is 13.5. The fourth-order valence-corrected chi connectivity index (χ4v) is 1.45. The van der Waals surface area contributed by atoms with Gasteiger partial charge in [0.05, 0.1) is 11.6 Å². The van der Waals surface area contributed by atoms with E-state index in [1.165, 1.54) is 0 Å². The zero-order valence-corrected chi connectivity index (χ0v) is 10.7. The van der Waals surface area contributed by atoms with Crippen molar-refractivity contribution in [1.29, 1.82) is 5.26 Å². The van der Waals surface area contributed by atoms with Crippen molar-refractivity contribution in [3.8, 4) is 11.8 Å². The Morgan fingerprint density at radius 3 is 2.32 bits per heavy atom. The Bertz CT molecular complexity index is 476. The number of amides is 1. The van der Waals surface area contributed by atoms with Gasteiger partial charge < -0.3 is 9.64 Å². The maximum absolute atomic E-state index is 11.9. The Balaban J connectivity index is 2.54. The highest BCUT2D eigenvalue weighted by Crippen LogP contribution is 2.11. The van der Waals surface area contributed by atoms with Gasteiger partial charge >= 0.3 is 0 Å². The topological polar surface area (TPSA) is 53.3 Å². The Hall–Kier alpha value is -2.54. The third-order valence-electron chi connectivity index (χ3n) is 2.40. The third-order valence-corrected chi connectivity index (χ3v) is 2.40. The highest BCUT2D eigenvalue weighted by atomic mass is 16.5. The molecule has 1 rings (SSSR count). The standard InChI is InChI=1S/C15H16N2O2/c1-3-9-17(10-4-2)15(18)12-19-14-7-5-13(11-16)6-8-14/h3-8H,1-2,9-10,12H2. The number of hydrogen-bond acceptors (Lipinski definition) is 3. The molecule has 0 heterocycles. The maximum Gasteiger partial charge on any atom is 0.261 e. The van der Waals surface area contributed by atoms with Crippen molar-refractivity contribution in [2.24, 2.45) is 0 Å². The van der Waals surface area contributed by atoms with Crippen molar-refractivity contribution in [3.63, 3.8) is 0 Å². The van der Waals surface area contributed by atoms with Crippen LogP contribution in [0.2, 0.25) is 0 Å². The second kappa shape index (κ2) is 7.72. The summed E-state index contributed by atoms with van der Waals surface area (Å²) < 4.78 is 5.37. The number of carbonyl (C=O) groups excluding carboxylic acids is 1. The molecule has 0 aliphatic rings. The summed E-state index contributed by atoms with van der Waals surface area (Å²) in [6.45, 7) is 8.08. The van der Waals surface area contributed by atoms with Crippen LogP contribution >= 0.6 is 0 Å². The van der Waals surface area contributed by atoms with E-state index in [-0.39, 0.29) is 12.5 Å². The first kappa shape index (κ1) is 14.5. The molecule has 0 fully saturated rings. The van der Waals surface area contributed by atoms with Crippen molar-refractivity contribution in [1.82, 2.24) is 4.90 Å². The minimum absolute atomic E-state index is 0.0480. The number of hydrogen-bond donors (Lipinski definition) is 0. The van der Waals surface area contributed by atoms with Crippen LogP contribution in [-0.4, -0.2) is 30.5 Å². The molecule has 0 spiro atoms. The molecule has 0 saturated carbocycles. The van der Waals surface area contributed by atoms with E-state index < -0.39 is 0 Å². The Kier molecular flexibility index (Phi) is 5.90. The summed E-state index contributed by atoms with van der Waals surface area (Å²) in [7, 11) is 0. The molecule has 98 valence electrons. The minimum atomic E-state index is -0.135. The number of nitriles is 1. The average molecular weight is 256 g/mol. The van der Waals surface area contributed by atoms with Gasteiger partial charge in [0.2, 0.25) is 0 Å². The minimum Gasteiger partial charge on any atom is -0.484 e. The molecule has 0 unspecified atom stereocenters. The molecule has 0 bridgehead atoms. The van der Waals surface area contributed by atoms with Crippen LogP contribution in [0.3, 0.4) is 0 Å². The predicted octanol–water partition coefficient (Wildman–Crippen LogP) is 2.14. The molecule has 0 aliphatic carbocycles. The smallest absolute Gasteiger partial charge is 0.261 e. The Morgan fingerprint density at radius 1 is 1.26 bits per heavy atom. The van der Waals surface area contributed by atoms with Gasteiger partial charge in [-0.15, -0.1) is 13.2 Å². The lowest BCUT2D eigenvalue weighted by molar-refractivity contribution is -0.132. The van der Waals surface area contributed by atoms with Gasteiger partial charge in [-0.2, -0.15) is 5.26 Å². The zero-order valence-electron chi connectivity index (χ0n) is 10.7. The molecule has 0 N–H and O–H groups in total. The number of carbonyl (C=O) groups is 1. The normalized spacial score (nSPS) is 9.21. The lowest BCUT2D eigenvalue weighted by atomic mass is 10.2. The fourth-order valence-electron chi connectivity index (χ4n) is 1.45. The van der Waals surface area contributed by atoms with Crippen molar-refractivity contribution >= 4 is 5.91 Å². The summed E-state index contributed by atoms with van der Waals surface area (Å²) in [6.07, 6.45) is 3.31. The van der Waals surface area contributed by atoms with Crippen LogP contribution < -0.4 is 4.74 Å². The molecular formula is C15H16N2O2. The molecule has 1 amide bonds. The summed E-state index contributed by atoms with van der Waals surface area (Å²) >= 11 is 0. The van der Waals surface area contributed by atoms with E-state index in [4.69, 9.17) is 10.00 Å². The van der Waals surface area contributed by atoms with E-state index in [0.717, 1.165) is 0 Å². The van der Waals surface area contributed by atoms with Crippen molar-refractivity contribution < 1.29 is 9.53 Å². The van der Waals surface area contributed by atoms with Crippen LogP contribution in [0.4, 0.5) is 0 Å². The number of benzene rings is 1. The molecule has 0 saturated heterocycles. The average Bonchev–Trinajstić information content (AvgIpc) is 2.45. The van der Waals surface area contributed by atoms with Crippen molar-refractivity contribution in [3.05, 3.63) is 55.1 Å². The van der Waals surface area contributed by atoms with E-state index >= 15 is 0 Å². The van der Waals surface area contributed by atoms with Crippen LogP contribution in [0.25, 0.3) is 0 Å². The second-order valence-electron chi connectivity index (χ2n) is 3.80. The largest absolute Gasteiger partial charge is 0.484 e. The van der Waals surface area contributed by atoms with Crippen LogP contribution in [-0.2, 0) is 4.79 Å². The van der Waals surface area contributed by atoms with Gasteiger partial charge in [-0.25, -0.2) is 0 Å². The molecule has 4 nitrogen and oxygen atoms in total. The van der Waals surface area contributed by atoms with Gasteiger partial charge in [0.1, 0.15) is 5.75 Å². The van der Waals surface area contributed by atoms with Crippen molar-refractivity contribution in [2.45, 2.75) is 0 Å². The molecule has 19 heavy (non-hydrogen) atoms. The highest BCUT2D eigenvalue weighted by Gasteiger charge is 2.11. The highest BCUT2D eigenvalue weighted by molar-refractivity contribution is 5.78. The van der Waals surface area contributed by atoms with Gasteiger partial charge in [-0.3, -0.25) is 4.79 Å². The van der Waals surface area contributed by atoms with E-state index in [1.54, 1.807) is 41.3 Å². The maximum atomic E-state index is 11.9. The van der Waals surface area contributed by atoms with Crippen LogP contribution in [0.5, 0.6) is 5.75 Å². The van der Waals surface area contributed by atoms with E-state index in [2.05, 4.69) is 13.2 Å². The molecule has 1 aromatic carbocycles. The Labute approximate surface area is 113 Å².